The molecule has 2 rings (SSSR count). The van der Waals surface area contributed by atoms with Gasteiger partial charge in [0.25, 0.3) is 5.56 Å². The van der Waals surface area contributed by atoms with E-state index in [4.69, 9.17) is 0 Å². The maximum Gasteiger partial charge on any atom is 0.340 e. The fourth-order valence-electron chi connectivity index (χ4n) is 1.79. The van der Waals surface area contributed by atoms with Crippen molar-refractivity contribution in [1.82, 2.24) is 15.0 Å². The van der Waals surface area contributed by atoms with Gasteiger partial charge in [-0.05, 0) is 19.1 Å². The van der Waals surface area contributed by atoms with Crippen LogP contribution in [0.1, 0.15) is 17.3 Å². The van der Waals surface area contributed by atoms with E-state index in [0.29, 0.717) is 13.0 Å². The number of fused-ring (bicyclic) bond motifs is 1. The number of carbonyl (C=O) groups is 2. The number of hydrogen-bond acceptors (Lipinski definition) is 6. The van der Waals surface area contributed by atoms with Crippen molar-refractivity contribution in [3.05, 3.63) is 28.0 Å². The third kappa shape index (κ3) is 2.22. The van der Waals surface area contributed by atoms with Crippen molar-refractivity contribution in [3.8, 4) is 0 Å². The number of hydrogen-bond donors (Lipinski definition) is 1. The number of methoxy groups -OCH3 is 1. The van der Waals surface area contributed by atoms with Gasteiger partial charge < -0.3 is 10.1 Å². The quantitative estimate of drug-likeness (QED) is 0.630. The number of anilines is 1. The van der Waals surface area contributed by atoms with Crippen LogP contribution in [0.25, 0.3) is 10.9 Å². The van der Waals surface area contributed by atoms with Crippen LogP contribution in [0.5, 0.6) is 0 Å². The molecule has 0 saturated carbocycles. The molecule has 0 unspecified atom stereocenters. The lowest BCUT2D eigenvalue weighted by Gasteiger charge is -2.08. The van der Waals surface area contributed by atoms with Crippen LogP contribution in [0.4, 0.5) is 5.69 Å². The van der Waals surface area contributed by atoms with Crippen molar-refractivity contribution >= 4 is 29.0 Å². The van der Waals surface area contributed by atoms with E-state index < -0.39 is 5.97 Å². The fraction of sp³-hybridized carbons (Fsp3) is 0.250. The maximum absolute atomic E-state index is 12.1. The van der Waals surface area contributed by atoms with Crippen molar-refractivity contribution < 1.29 is 14.3 Å². The largest absolute Gasteiger partial charge is 0.465 e. The summed E-state index contributed by atoms with van der Waals surface area (Å²) < 4.78 is 5.81. The van der Waals surface area contributed by atoms with Gasteiger partial charge in [0.15, 0.2) is 0 Å². The zero-order valence-electron chi connectivity index (χ0n) is 10.9. The monoisotopic (exact) mass is 276 g/mol. The molecule has 0 aliphatic heterocycles. The van der Waals surface area contributed by atoms with E-state index in [1.54, 1.807) is 6.92 Å². The molecule has 2 aromatic rings. The molecule has 104 valence electrons. The summed E-state index contributed by atoms with van der Waals surface area (Å²) >= 11 is 0. The summed E-state index contributed by atoms with van der Waals surface area (Å²) in [5.41, 5.74) is 0.210. The normalized spacial score (nSPS) is 10.3. The lowest BCUT2D eigenvalue weighted by molar-refractivity contribution is -0.105. The average Bonchev–Trinajstić information content (AvgIpc) is 2.47. The van der Waals surface area contributed by atoms with Gasteiger partial charge >= 0.3 is 5.97 Å². The van der Waals surface area contributed by atoms with Crippen molar-refractivity contribution in [2.45, 2.75) is 13.5 Å². The predicted molar refractivity (Wildman–Crippen MR) is 70.5 cm³/mol. The number of aryl methyl sites for hydroxylation is 1. The number of benzene rings is 1. The van der Waals surface area contributed by atoms with Crippen LogP contribution in [0, 0.1) is 0 Å². The molecule has 20 heavy (non-hydrogen) atoms. The molecule has 0 spiro atoms. The number of rotatable bonds is 4. The Morgan fingerprint density at radius 3 is 2.85 bits per heavy atom. The Morgan fingerprint density at radius 1 is 1.50 bits per heavy atom. The van der Waals surface area contributed by atoms with Gasteiger partial charge in [0.1, 0.15) is 5.52 Å². The van der Waals surface area contributed by atoms with E-state index in [0.717, 1.165) is 0 Å². The summed E-state index contributed by atoms with van der Waals surface area (Å²) in [6.07, 6.45) is 0.417. The van der Waals surface area contributed by atoms with Gasteiger partial charge in [-0.1, -0.05) is 5.21 Å². The number of nitrogens with one attached hydrogen (secondary N) is 1. The summed E-state index contributed by atoms with van der Waals surface area (Å²) in [5.74, 6) is -0.641. The minimum absolute atomic E-state index is 0.107. The SMILES string of the molecule is CCn1nnc2cc(C(=O)OC)c(NC=O)cc2c1=O. The smallest absolute Gasteiger partial charge is 0.340 e. The van der Waals surface area contributed by atoms with Crippen LogP contribution in [0.3, 0.4) is 0 Å². The van der Waals surface area contributed by atoms with E-state index in [1.807, 2.05) is 0 Å². The third-order valence-electron chi connectivity index (χ3n) is 2.78. The molecule has 1 aromatic heterocycles. The maximum atomic E-state index is 12.1. The van der Waals surface area contributed by atoms with Crippen molar-refractivity contribution in [1.29, 1.82) is 0 Å². The summed E-state index contributed by atoms with van der Waals surface area (Å²) in [4.78, 5) is 34.4. The van der Waals surface area contributed by atoms with Gasteiger partial charge in [-0.2, -0.15) is 0 Å². The first-order valence-electron chi connectivity index (χ1n) is 5.82. The molecule has 0 saturated heterocycles. The highest BCUT2D eigenvalue weighted by Crippen LogP contribution is 2.21. The second kappa shape index (κ2) is 5.47. The zero-order chi connectivity index (χ0) is 14.7. The Labute approximate surface area is 113 Å². The van der Waals surface area contributed by atoms with E-state index in [1.165, 1.54) is 23.9 Å². The van der Waals surface area contributed by atoms with Gasteiger partial charge in [0, 0.05) is 6.54 Å². The molecule has 0 fully saturated rings. The molecule has 0 radical (unpaired) electrons. The number of carbonyl (C=O) groups excluding carboxylic acids is 2. The summed E-state index contributed by atoms with van der Waals surface area (Å²) in [6, 6.07) is 2.75. The molecule has 0 bridgehead atoms. The third-order valence-corrected chi connectivity index (χ3v) is 2.78. The second-order valence-electron chi connectivity index (χ2n) is 3.88. The highest BCUT2D eigenvalue weighted by Gasteiger charge is 2.16. The van der Waals surface area contributed by atoms with Crippen molar-refractivity contribution in [2.24, 2.45) is 0 Å². The minimum atomic E-state index is -0.641. The lowest BCUT2D eigenvalue weighted by atomic mass is 10.1. The zero-order valence-corrected chi connectivity index (χ0v) is 10.9. The molecular weight excluding hydrogens is 264 g/mol. The van der Waals surface area contributed by atoms with E-state index in [-0.39, 0.29) is 27.7 Å². The van der Waals surface area contributed by atoms with Crippen molar-refractivity contribution in [2.75, 3.05) is 12.4 Å². The van der Waals surface area contributed by atoms with Gasteiger partial charge in [-0.25, -0.2) is 9.48 Å². The minimum Gasteiger partial charge on any atom is -0.465 e. The Morgan fingerprint density at radius 2 is 2.25 bits per heavy atom. The fourth-order valence-corrected chi connectivity index (χ4v) is 1.79. The highest BCUT2D eigenvalue weighted by atomic mass is 16.5. The predicted octanol–water partition coefficient (Wildman–Crippen LogP) is 0.166. The lowest BCUT2D eigenvalue weighted by Crippen LogP contribution is -2.23. The Kier molecular flexibility index (Phi) is 3.74. The summed E-state index contributed by atoms with van der Waals surface area (Å²) in [5, 5.41) is 10.3. The first kappa shape index (κ1) is 13.7. The first-order chi connectivity index (χ1) is 9.62. The van der Waals surface area contributed by atoms with Gasteiger partial charge in [-0.3, -0.25) is 9.59 Å². The first-order valence-corrected chi connectivity index (χ1v) is 5.82. The number of ether oxygens (including phenoxy) is 1. The molecule has 1 aromatic carbocycles. The molecule has 8 heteroatoms. The van der Waals surface area contributed by atoms with E-state index in [9.17, 15) is 14.4 Å². The van der Waals surface area contributed by atoms with Crippen LogP contribution in [0.2, 0.25) is 0 Å². The molecule has 0 aliphatic rings. The summed E-state index contributed by atoms with van der Waals surface area (Å²) in [7, 11) is 1.22. The van der Waals surface area contributed by atoms with Gasteiger partial charge in [0.2, 0.25) is 6.41 Å². The van der Waals surface area contributed by atoms with Crippen molar-refractivity contribution in [3.63, 3.8) is 0 Å². The Balaban J connectivity index is 2.77. The molecule has 1 amide bonds. The number of amides is 1. The van der Waals surface area contributed by atoms with Crippen LogP contribution in [0.15, 0.2) is 16.9 Å². The average molecular weight is 276 g/mol. The Hall–Kier alpha value is -2.77. The topological polar surface area (TPSA) is 103 Å². The van der Waals surface area contributed by atoms with Crippen LogP contribution in [-0.2, 0) is 16.1 Å². The van der Waals surface area contributed by atoms with Gasteiger partial charge in [0.05, 0.1) is 23.7 Å². The number of aromatic nitrogens is 3. The Bertz CT molecular complexity index is 738. The van der Waals surface area contributed by atoms with E-state index in [2.05, 4.69) is 20.4 Å². The van der Waals surface area contributed by atoms with Crippen LogP contribution in [-0.4, -0.2) is 34.5 Å². The van der Waals surface area contributed by atoms with E-state index >= 15 is 0 Å². The molecule has 8 nitrogen and oxygen atoms in total. The van der Waals surface area contributed by atoms with Crippen LogP contribution < -0.4 is 10.9 Å². The second-order valence-corrected chi connectivity index (χ2v) is 3.88. The van der Waals surface area contributed by atoms with Crippen LogP contribution >= 0.6 is 0 Å². The molecule has 1 heterocycles. The highest BCUT2D eigenvalue weighted by molar-refractivity contribution is 6.02. The molecular formula is C12H12N4O4. The number of esters is 1. The van der Waals surface area contributed by atoms with Gasteiger partial charge in [-0.15, -0.1) is 5.10 Å². The standard InChI is InChI=1S/C12H12N4O4/c1-3-16-11(18)7-4-9(13-6-17)8(12(19)20-2)5-10(7)14-15-16/h4-6H,3H2,1-2H3,(H,13,17). The molecule has 0 atom stereocenters. The number of nitrogens with zero attached hydrogens (tertiary/aromatic N) is 3. The molecule has 0 aliphatic carbocycles. The molecule has 1 N–H and O–H groups in total. The summed E-state index contributed by atoms with van der Waals surface area (Å²) in [6.45, 7) is 2.13.